The maximum absolute atomic E-state index is 5.47. The van der Waals surface area contributed by atoms with Gasteiger partial charge in [-0.25, -0.2) is 9.78 Å². The minimum absolute atomic E-state index is 0. The van der Waals surface area contributed by atoms with Crippen LogP contribution in [0.1, 0.15) is 13.9 Å². The second kappa shape index (κ2) is 3.95. The molecule has 0 fully saturated rings. The molecular weight excluding hydrogens is 146 g/mol. The van der Waals surface area contributed by atoms with Gasteiger partial charge in [-0.2, -0.15) is 5.10 Å². The Balaban J connectivity index is 0.00000121. The molecule has 0 radical (unpaired) electrons. The number of nitrogen functional groups attached to an aromatic ring is 1. The molecule has 5 heteroatoms. The summed E-state index contributed by atoms with van der Waals surface area (Å²) in [6.07, 6.45) is 1.61. The van der Waals surface area contributed by atoms with Crippen LogP contribution in [0.5, 0.6) is 0 Å². The monoisotopic (exact) mass is 159 g/mol. The summed E-state index contributed by atoms with van der Waals surface area (Å²) in [7, 11) is 0. The lowest BCUT2D eigenvalue weighted by molar-refractivity contribution is -0.300. The molecular formula is C6H13N3O2. The van der Waals surface area contributed by atoms with E-state index >= 15 is 0 Å². The molecule has 1 rings (SSSR count). The van der Waals surface area contributed by atoms with Crippen LogP contribution in [0.15, 0.2) is 6.20 Å². The minimum atomic E-state index is 0. The predicted molar refractivity (Wildman–Crippen MR) is 41.5 cm³/mol. The molecule has 0 spiro atoms. The Morgan fingerprint density at radius 2 is 2.55 bits per heavy atom. The highest BCUT2D eigenvalue weighted by Gasteiger charge is 1.99. The summed E-state index contributed by atoms with van der Waals surface area (Å²) in [5.74, 6) is 0.518. The molecule has 3 N–H and O–H groups in total. The number of nitrogens with two attached hydrogens (primary N) is 1. The third-order valence-electron chi connectivity index (χ3n) is 1.17. The van der Waals surface area contributed by atoms with Gasteiger partial charge in [0.25, 0.3) is 0 Å². The van der Waals surface area contributed by atoms with Gasteiger partial charge in [-0.05, 0) is 6.92 Å². The normalized spacial score (nSPS) is 10.3. The fourth-order valence-electron chi connectivity index (χ4n) is 0.625. The predicted octanol–water partition coefficient (Wildman–Crippen LogP) is 0.706. The highest BCUT2D eigenvalue weighted by Crippen LogP contribution is 2.06. The number of nitrogens with one attached hydrogen (secondary N) is 1. The van der Waals surface area contributed by atoms with E-state index in [0.29, 0.717) is 19.0 Å². The third kappa shape index (κ3) is 2.21. The maximum atomic E-state index is 5.47. The standard InChI is InChI=1S/C6H11N3O2.H2/c1-2-10-11-4-5-3-8-9-6(5)7;/h3H,2,4H2,1H3,(H3,7,8,9);1H. The van der Waals surface area contributed by atoms with E-state index in [4.69, 9.17) is 10.6 Å². The summed E-state index contributed by atoms with van der Waals surface area (Å²) in [4.78, 5) is 9.43. The van der Waals surface area contributed by atoms with E-state index in [1.165, 1.54) is 0 Å². The quantitative estimate of drug-likeness (QED) is 0.385. The van der Waals surface area contributed by atoms with Crippen molar-refractivity contribution in [2.45, 2.75) is 13.5 Å². The fourth-order valence-corrected chi connectivity index (χ4v) is 0.625. The van der Waals surface area contributed by atoms with Gasteiger partial charge in [-0.3, -0.25) is 5.10 Å². The van der Waals surface area contributed by atoms with Crippen molar-refractivity contribution in [1.29, 1.82) is 0 Å². The molecule has 0 amide bonds. The van der Waals surface area contributed by atoms with Crippen LogP contribution in [0.2, 0.25) is 0 Å². The summed E-state index contributed by atoms with van der Waals surface area (Å²) in [5.41, 5.74) is 6.27. The van der Waals surface area contributed by atoms with Crippen LogP contribution in [0, 0.1) is 0 Å². The van der Waals surface area contributed by atoms with Crippen molar-refractivity contribution in [2.75, 3.05) is 12.3 Å². The molecule has 0 aliphatic heterocycles. The molecule has 0 saturated heterocycles. The largest absolute Gasteiger partial charge is 0.384 e. The highest BCUT2D eigenvalue weighted by atomic mass is 17.2. The van der Waals surface area contributed by atoms with E-state index in [-0.39, 0.29) is 1.43 Å². The van der Waals surface area contributed by atoms with Crippen LogP contribution in [-0.4, -0.2) is 16.8 Å². The molecule has 1 aromatic rings. The Labute approximate surface area is 65.9 Å². The van der Waals surface area contributed by atoms with E-state index < -0.39 is 0 Å². The average molecular weight is 159 g/mol. The number of anilines is 1. The lowest BCUT2D eigenvalue weighted by Gasteiger charge is -1.98. The molecule has 1 aromatic heterocycles. The summed E-state index contributed by atoms with van der Waals surface area (Å²) in [6, 6.07) is 0. The Kier molecular flexibility index (Phi) is 2.88. The molecule has 0 saturated carbocycles. The summed E-state index contributed by atoms with van der Waals surface area (Å²) >= 11 is 0. The first-order valence-corrected chi connectivity index (χ1v) is 3.36. The fraction of sp³-hybridized carbons (Fsp3) is 0.500. The SMILES string of the molecule is CCOOCc1cn[nH]c1N.[HH]. The van der Waals surface area contributed by atoms with Crippen LogP contribution >= 0.6 is 0 Å². The first-order chi connectivity index (χ1) is 5.34. The molecule has 11 heavy (non-hydrogen) atoms. The van der Waals surface area contributed by atoms with Crippen molar-refractivity contribution in [2.24, 2.45) is 0 Å². The van der Waals surface area contributed by atoms with Gasteiger partial charge in [0.2, 0.25) is 0 Å². The second-order valence-corrected chi connectivity index (χ2v) is 1.98. The summed E-state index contributed by atoms with van der Waals surface area (Å²) < 4.78 is 0. The van der Waals surface area contributed by atoms with Gasteiger partial charge < -0.3 is 5.73 Å². The van der Waals surface area contributed by atoms with E-state index in [1.54, 1.807) is 6.20 Å². The van der Waals surface area contributed by atoms with Gasteiger partial charge in [0.15, 0.2) is 0 Å². The van der Waals surface area contributed by atoms with Gasteiger partial charge in [0, 0.05) is 6.99 Å². The smallest absolute Gasteiger partial charge is 0.124 e. The molecule has 0 aliphatic carbocycles. The number of aromatic amines is 1. The number of aromatic nitrogens is 2. The lowest BCUT2D eigenvalue weighted by atomic mass is 10.4. The lowest BCUT2D eigenvalue weighted by Crippen LogP contribution is -1.96. The number of nitrogens with zero attached hydrogens (tertiary/aromatic N) is 1. The van der Waals surface area contributed by atoms with Crippen molar-refractivity contribution in [1.82, 2.24) is 10.2 Å². The van der Waals surface area contributed by atoms with E-state index in [1.807, 2.05) is 6.92 Å². The summed E-state index contributed by atoms with van der Waals surface area (Å²) in [5, 5.41) is 6.30. The molecule has 0 bridgehead atoms. The molecule has 0 atom stereocenters. The zero-order valence-corrected chi connectivity index (χ0v) is 6.33. The highest BCUT2D eigenvalue weighted by molar-refractivity contribution is 5.35. The number of hydrogen-bond donors (Lipinski definition) is 2. The van der Waals surface area contributed by atoms with Crippen molar-refractivity contribution in [3.8, 4) is 0 Å². The first kappa shape index (κ1) is 8.03. The second-order valence-electron chi connectivity index (χ2n) is 1.98. The number of rotatable bonds is 4. The van der Waals surface area contributed by atoms with Crippen LogP contribution < -0.4 is 5.73 Å². The van der Waals surface area contributed by atoms with Crippen LogP contribution in [0.25, 0.3) is 0 Å². The van der Waals surface area contributed by atoms with Crippen LogP contribution in [0.4, 0.5) is 5.82 Å². The molecule has 0 aromatic carbocycles. The maximum Gasteiger partial charge on any atom is 0.124 e. The van der Waals surface area contributed by atoms with Gasteiger partial charge in [0.05, 0.1) is 12.8 Å². The summed E-state index contributed by atoms with van der Waals surface area (Å²) in [6.45, 7) is 2.70. The molecule has 1 heterocycles. The van der Waals surface area contributed by atoms with Crippen LogP contribution in [0.3, 0.4) is 0 Å². The Morgan fingerprint density at radius 3 is 3.09 bits per heavy atom. The van der Waals surface area contributed by atoms with Crippen molar-refractivity contribution >= 4 is 5.82 Å². The van der Waals surface area contributed by atoms with E-state index in [0.717, 1.165) is 5.56 Å². The number of H-pyrrole nitrogens is 1. The van der Waals surface area contributed by atoms with Crippen molar-refractivity contribution < 1.29 is 11.2 Å². The molecule has 64 valence electrons. The molecule has 0 aliphatic rings. The minimum Gasteiger partial charge on any atom is -0.384 e. The van der Waals surface area contributed by atoms with Crippen LogP contribution in [-0.2, 0) is 16.4 Å². The van der Waals surface area contributed by atoms with Gasteiger partial charge >= 0.3 is 0 Å². The first-order valence-electron chi connectivity index (χ1n) is 3.36. The van der Waals surface area contributed by atoms with Crippen molar-refractivity contribution in [3.05, 3.63) is 11.8 Å². The zero-order chi connectivity index (χ0) is 8.10. The van der Waals surface area contributed by atoms with Gasteiger partial charge in [0.1, 0.15) is 12.4 Å². The zero-order valence-electron chi connectivity index (χ0n) is 6.33. The average Bonchev–Trinajstić information content (AvgIpc) is 2.37. The van der Waals surface area contributed by atoms with Crippen molar-refractivity contribution in [3.63, 3.8) is 0 Å². The van der Waals surface area contributed by atoms with Gasteiger partial charge in [-0.15, -0.1) is 0 Å². The molecule has 5 nitrogen and oxygen atoms in total. The number of hydrogen-bond acceptors (Lipinski definition) is 4. The Morgan fingerprint density at radius 1 is 1.73 bits per heavy atom. The van der Waals surface area contributed by atoms with E-state index in [2.05, 4.69) is 15.1 Å². The Hall–Kier alpha value is -1.07. The Bertz CT molecular complexity index is 216. The topological polar surface area (TPSA) is 73.2 Å². The van der Waals surface area contributed by atoms with E-state index in [9.17, 15) is 0 Å². The van der Waals surface area contributed by atoms with Gasteiger partial charge in [-0.1, -0.05) is 0 Å². The molecule has 0 unspecified atom stereocenters. The third-order valence-corrected chi connectivity index (χ3v) is 1.17.